The van der Waals surface area contributed by atoms with E-state index in [0.29, 0.717) is 32.8 Å². The van der Waals surface area contributed by atoms with Gasteiger partial charge in [0.25, 0.3) is 11.8 Å². The third kappa shape index (κ3) is 5.04. The average molecular weight is 760 g/mol. The van der Waals surface area contributed by atoms with Crippen LogP contribution in [0.15, 0.2) is 66.4 Å². The van der Waals surface area contributed by atoms with Gasteiger partial charge < -0.3 is 14.6 Å². The molecule has 270 valence electrons. The van der Waals surface area contributed by atoms with Crippen LogP contribution in [0.5, 0.6) is 11.5 Å². The summed E-state index contributed by atoms with van der Waals surface area (Å²) < 4.78 is 50.7. The van der Waals surface area contributed by atoms with Crippen molar-refractivity contribution in [3.8, 4) is 11.5 Å². The van der Waals surface area contributed by atoms with Gasteiger partial charge in [0.1, 0.15) is 11.5 Å². The number of carbonyl (C=O) groups is 5. The number of carbonyl (C=O) groups excluding carboxylic acids is 5. The number of pyridine rings is 1. The van der Waals surface area contributed by atoms with Crippen molar-refractivity contribution in [2.75, 3.05) is 19.6 Å². The van der Waals surface area contributed by atoms with Crippen molar-refractivity contribution >= 4 is 58.7 Å². The molecule has 0 radical (unpaired) electrons. The molecule has 3 fully saturated rings. The zero-order valence-electron chi connectivity index (χ0n) is 27.1. The monoisotopic (exact) mass is 758 g/mol. The molecule has 2 aliphatic carbocycles. The number of phenolic OH excluding ortho intramolecular Hbond substituents is 1. The summed E-state index contributed by atoms with van der Waals surface area (Å²) in [5.74, 6) is -9.63. The second-order valence-electron chi connectivity index (χ2n) is 12.8. The first kappa shape index (κ1) is 35.3. The molecule has 52 heavy (non-hydrogen) atoms. The Balaban J connectivity index is 1.46. The van der Waals surface area contributed by atoms with Gasteiger partial charge in [0.15, 0.2) is 5.82 Å². The van der Waals surface area contributed by atoms with E-state index in [2.05, 4.69) is 10.4 Å². The number of amides is 5. The predicted molar refractivity (Wildman–Crippen MR) is 176 cm³/mol. The van der Waals surface area contributed by atoms with Crippen molar-refractivity contribution < 1.29 is 51.7 Å². The number of methoxy groups -OCH3 is 2. The topological polar surface area (TPSA) is 155 Å². The zero-order valence-corrected chi connectivity index (χ0v) is 28.6. The van der Waals surface area contributed by atoms with E-state index < -0.39 is 87.3 Å². The van der Waals surface area contributed by atoms with Crippen LogP contribution in [0.4, 0.5) is 23.8 Å². The number of rotatable bonds is 5. The number of phenols is 1. The van der Waals surface area contributed by atoms with Gasteiger partial charge >= 0.3 is 12.3 Å². The normalized spacial score (nSPS) is 26.8. The number of allylic oxidation sites excluding steroid dienone is 2. The smallest absolute Gasteiger partial charge is 0.423 e. The zero-order chi connectivity index (χ0) is 37.4. The van der Waals surface area contributed by atoms with Gasteiger partial charge in [-0.3, -0.25) is 24.6 Å². The number of aromatic nitrogens is 1. The number of likely N-dealkylation sites (tertiary alicyclic amines) is 1. The number of fused-ring (bicyclic) bond motifs is 4. The second kappa shape index (κ2) is 12.5. The van der Waals surface area contributed by atoms with Crippen LogP contribution in [-0.4, -0.2) is 63.9 Å². The fraction of sp³-hybridized carbons (Fsp3) is 0.314. The lowest BCUT2D eigenvalue weighted by Crippen LogP contribution is -2.53. The van der Waals surface area contributed by atoms with Crippen molar-refractivity contribution in [2.45, 2.75) is 30.4 Å². The van der Waals surface area contributed by atoms with Crippen LogP contribution in [-0.2, 0) is 35.5 Å². The fourth-order valence-corrected chi connectivity index (χ4v) is 8.70. The third-order valence-electron chi connectivity index (χ3n) is 10.5. The number of alkyl halides is 3. The summed E-state index contributed by atoms with van der Waals surface area (Å²) >= 11 is 12.5. The van der Waals surface area contributed by atoms with Crippen LogP contribution < -0.4 is 10.2 Å². The van der Waals surface area contributed by atoms with Gasteiger partial charge in [0, 0.05) is 22.7 Å². The molecule has 0 bridgehead atoms. The van der Waals surface area contributed by atoms with Crippen LogP contribution in [0.2, 0.25) is 10.0 Å². The molecule has 12 nitrogen and oxygen atoms in total. The fourth-order valence-electron chi connectivity index (χ4n) is 8.37. The summed E-state index contributed by atoms with van der Waals surface area (Å²) in [6.45, 7) is 0. The van der Waals surface area contributed by atoms with Gasteiger partial charge in [0.2, 0.25) is 11.8 Å². The van der Waals surface area contributed by atoms with E-state index in [9.17, 15) is 37.5 Å². The summed E-state index contributed by atoms with van der Waals surface area (Å²) in [5.41, 5.74) is 0.246. The van der Waals surface area contributed by atoms with Crippen molar-refractivity contribution in [3.63, 3.8) is 0 Å². The maximum atomic E-state index is 15.2. The van der Waals surface area contributed by atoms with Gasteiger partial charge in [0.05, 0.1) is 48.0 Å². The Morgan fingerprint density at radius 3 is 2.37 bits per heavy atom. The van der Waals surface area contributed by atoms with E-state index in [0.717, 1.165) is 7.11 Å². The van der Waals surface area contributed by atoms with E-state index in [-0.39, 0.29) is 35.5 Å². The number of halogens is 5. The molecule has 5 amide bonds. The van der Waals surface area contributed by atoms with Crippen LogP contribution in [0, 0.1) is 23.7 Å². The van der Waals surface area contributed by atoms with Crippen molar-refractivity contribution in [1.82, 2.24) is 14.9 Å². The number of nitrogens with one attached hydrogen (secondary N) is 1. The summed E-state index contributed by atoms with van der Waals surface area (Å²) in [4.78, 5) is 74.1. The standard InChI is InChI=1S/C35H27Cl2F3N4O8/c1-51-24-5-3-4-23(45)26(24)27-18-10-11-19-25(31(48)43(29(19)46)33(50)52-2)20(18)13-21-30(47)44(32(49)34(21,27)15-6-8-17(36)9-7-15)42-28-22(37)12-16(14-41-28)35(38,39)40/h3-10,12,14,19-21,25,27,45H,11,13H2,1-2H3,(H,41,42). The molecule has 2 N–H and O–H groups in total. The maximum absolute atomic E-state index is 15.2. The highest BCUT2D eigenvalue weighted by atomic mass is 35.5. The SMILES string of the molecule is COC(=O)N1C(=O)C2CC=C3C(CC4C(=O)N(Nc5ncc(C(F)(F)F)cc5Cl)C(=O)C4(c4ccc(Cl)cc4)C3c3c(O)cccc3OC)C2C1=O. The minimum absolute atomic E-state index is 0.0302. The van der Waals surface area contributed by atoms with E-state index >= 15 is 4.79 Å². The van der Waals surface area contributed by atoms with E-state index in [1.807, 2.05) is 0 Å². The number of aromatic hydroxyl groups is 1. The van der Waals surface area contributed by atoms with Crippen LogP contribution in [0.1, 0.15) is 35.4 Å². The minimum atomic E-state index is -4.78. The second-order valence-corrected chi connectivity index (χ2v) is 13.6. The Hall–Kier alpha value is -5.15. The molecule has 4 aliphatic rings. The minimum Gasteiger partial charge on any atom is -0.508 e. The van der Waals surface area contributed by atoms with Gasteiger partial charge in [-0.1, -0.05) is 53.1 Å². The van der Waals surface area contributed by atoms with E-state index in [1.165, 1.54) is 31.4 Å². The number of benzene rings is 2. The number of imide groups is 4. The Kier molecular flexibility index (Phi) is 8.49. The predicted octanol–water partition coefficient (Wildman–Crippen LogP) is 5.87. The van der Waals surface area contributed by atoms with Crippen molar-refractivity contribution in [2.24, 2.45) is 23.7 Å². The lowest BCUT2D eigenvalue weighted by atomic mass is 9.49. The van der Waals surface area contributed by atoms with Gasteiger partial charge in [-0.2, -0.15) is 23.1 Å². The first-order chi connectivity index (χ1) is 24.7. The molecule has 3 heterocycles. The number of hydrogen-bond acceptors (Lipinski definition) is 10. The number of nitrogens with zero attached hydrogens (tertiary/aromatic N) is 3. The first-order valence-electron chi connectivity index (χ1n) is 15.8. The molecular formula is C35H27Cl2F3N4O8. The van der Waals surface area contributed by atoms with Crippen LogP contribution >= 0.6 is 23.2 Å². The lowest BCUT2D eigenvalue weighted by molar-refractivity contribution is -0.140. The molecule has 6 atom stereocenters. The Labute approximate surface area is 303 Å². The van der Waals surface area contributed by atoms with Crippen LogP contribution in [0.3, 0.4) is 0 Å². The number of anilines is 1. The summed E-state index contributed by atoms with van der Waals surface area (Å²) in [6.07, 6.45) is -4.00. The molecule has 2 aliphatic heterocycles. The van der Waals surface area contributed by atoms with E-state index in [1.54, 1.807) is 24.3 Å². The quantitative estimate of drug-likeness (QED) is 0.238. The molecule has 1 aromatic heterocycles. The van der Waals surface area contributed by atoms with Gasteiger partial charge in [-0.25, -0.2) is 9.78 Å². The highest BCUT2D eigenvalue weighted by Crippen LogP contribution is 2.66. The van der Waals surface area contributed by atoms with Gasteiger partial charge in [-0.15, -0.1) is 0 Å². The molecular weight excluding hydrogens is 732 g/mol. The van der Waals surface area contributed by atoms with Gasteiger partial charge in [-0.05, 0) is 54.7 Å². The average Bonchev–Trinajstić information content (AvgIpc) is 3.49. The molecule has 6 unspecified atom stereocenters. The van der Waals surface area contributed by atoms with Crippen molar-refractivity contribution in [1.29, 1.82) is 0 Å². The molecule has 7 rings (SSSR count). The highest BCUT2D eigenvalue weighted by Gasteiger charge is 2.71. The number of hydrogen-bond donors (Lipinski definition) is 2. The lowest BCUT2D eigenvalue weighted by Gasteiger charge is -2.50. The summed E-state index contributed by atoms with van der Waals surface area (Å²) in [5, 5.41) is 11.9. The highest BCUT2D eigenvalue weighted by molar-refractivity contribution is 6.33. The Morgan fingerprint density at radius 1 is 1.02 bits per heavy atom. The maximum Gasteiger partial charge on any atom is 0.423 e. The molecule has 0 spiro atoms. The Morgan fingerprint density at radius 2 is 1.73 bits per heavy atom. The molecule has 1 saturated carbocycles. The summed E-state index contributed by atoms with van der Waals surface area (Å²) in [6, 6.07) is 11.1. The largest absolute Gasteiger partial charge is 0.508 e. The molecule has 17 heteroatoms. The van der Waals surface area contributed by atoms with E-state index in [4.69, 9.17) is 32.7 Å². The molecule has 2 saturated heterocycles. The van der Waals surface area contributed by atoms with Crippen molar-refractivity contribution in [3.05, 3.63) is 93.1 Å². The number of hydrazine groups is 1. The first-order valence-corrected chi connectivity index (χ1v) is 16.6. The Bertz CT molecular complexity index is 2090. The molecule has 2 aromatic carbocycles. The summed E-state index contributed by atoms with van der Waals surface area (Å²) in [7, 11) is 2.37. The third-order valence-corrected chi connectivity index (χ3v) is 11.0. The molecule has 3 aromatic rings. The number of ether oxygens (including phenoxy) is 2. The van der Waals surface area contributed by atoms with Crippen LogP contribution in [0.25, 0.3) is 0 Å².